The van der Waals surface area contributed by atoms with E-state index in [9.17, 15) is 4.79 Å². The lowest BCUT2D eigenvalue weighted by molar-refractivity contribution is -0.118. The van der Waals surface area contributed by atoms with Crippen molar-refractivity contribution in [1.82, 2.24) is 0 Å². The van der Waals surface area contributed by atoms with Gasteiger partial charge in [0.15, 0.2) is 0 Å². The Kier molecular flexibility index (Phi) is 4.30. The number of fused-ring (bicyclic) bond motifs is 1. The number of benzene rings is 1. The number of carbonyl (C=O) groups is 1. The van der Waals surface area contributed by atoms with Gasteiger partial charge in [0, 0.05) is 31.9 Å². The molecule has 1 aromatic carbocycles. The molecule has 1 aromatic rings. The molecule has 1 atom stereocenters. The fourth-order valence-electron chi connectivity index (χ4n) is 2.34. The Morgan fingerprint density at radius 1 is 1.45 bits per heavy atom. The average molecular weight is 277 g/mol. The molecule has 0 saturated heterocycles. The normalized spacial score (nSPS) is 17.8. The minimum absolute atomic E-state index is 0.0528. The van der Waals surface area contributed by atoms with Crippen LogP contribution in [-0.4, -0.2) is 39.3 Å². The van der Waals surface area contributed by atoms with Crippen LogP contribution in [0.1, 0.15) is 25.5 Å². The molecule has 110 valence electrons. The Morgan fingerprint density at radius 3 is 2.80 bits per heavy atom. The summed E-state index contributed by atoms with van der Waals surface area (Å²) in [5, 5.41) is 0. The summed E-state index contributed by atoms with van der Waals surface area (Å²) < 4.78 is 5.56. The highest BCUT2D eigenvalue weighted by atomic mass is 16.5. The third-order valence-corrected chi connectivity index (χ3v) is 3.63. The molecule has 2 rings (SSSR count). The third kappa shape index (κ3) is 2.78. The van der Waals surface area contributed by atoms with E-state index in [1.54, 1.807) is 11.9 Å². The second-order valence-corrected chi connectivity index (χ2v) is 5.46. The van der Waals surface area contributed by atoms with Crippen molar-refractivity contribution < 1.29 is 9.53 Å². The van der Waals surface area contributed by atoms with Crippen molar-refractivity contribution in [2.75, 3.05) is 37.0 Å². The van der Waals surface area contributed by atoms with Crippen LogP contribution >= 0.6 is 0 Å². The van der Waals surface area contributed by atoms with Gasteiger partial charge in [-0.15, -0.1) is 0 Å². The molecule has 0 bridgehead atoms. The molecule has 1 unspecified atom stereocenters. The molecule has 0 spiro atoms. The molecule has 0 radical (unpaired) electrons. The van der Waals surface area contributed by atoms with Crippen molar-refractivity contribution in [3.8, 4) is 0 Å². The Hall–Kier alpha value is -1.59. The zero-order valence-corrected chi connectivity index (χ0v) is 12.6. The summed E-state index contributed by atoms with van der Waals surface area (Å²) in [5.74, 6) is -0.0528. The van der Waals surface area contributed by atoms with E-state index in [1.165, 1.54) is 0 Å². The molecule has 5 nitrogen and oxygen atoms in total. The second kappa shape index (κ2) is 5.81. The summed E-state index contributed by atoms with van der Waals surface area (Å²) in [5.41, 5.74) is 8.75. The molecule has 5 heteroatoms. The average Bonchev–Trinajstić information content (AvgIpc) is 2.63. The molecule has 0 fully saturated rings. The van der Waals surface area contributed by atoms with Crippen molar-refractivity contribution in [3.05, 3.63) is 23.8 Å². The van der Waals surface area contributed by atoms with Gasteiger partial charge in [0.1, 0.15) is 6.04 Å². The van der Waals surface area contributed by atoms with Crippen LogP contribution < -0.4 is 15.5 Å². The van der Waals surface area contributed by atoms with Crippen LogP contribution in [0.5, 0.6) is 0 Å². The van der Waals surface area contributed by atoms with Crippen LogP contribution in [-0.2, 0) is 9.53 Å². The first-order valence-corrected chi connectivity index (χ1v) is 6.91. The van der Waals surface area contributed by atoms with E-state index >= 15 is 0 Å². The first kappa shape index (κ1) is 14.8. The van der Waals surface area contributed by atoms with Crippen LogP contribution in [0, 0.1) is 0 Å². The summed E-state index contributed by atoms with van der Waals surface area (Å²) in [6.45, 7) is 5.54. The van der Waals surface area contributed by atoms with E-state index in [1.807, 2.05) is 39.1 Å². The van der Waals surface area contributed by atoms with Crippen molar-refractivity contribution in [1.29, 1.82) is 0 Å². The highest BCUT2D eigenvalue weighted by Crippen LogP contribution is 2.36. The Labute approximate surface area is 120 Å². The fourth-order valence-corrected chi connectivity index (χ4v) is 2.34. The predicted octanol–water partition coefficient (Wildman–Crippen LogP) is 1.52. The van der Waals surface area contributed by atoms with Crippen LogP contribution in [0.15, 0.2) is 18.2 Å². The maximum Gasteiger partial charge on any atom is 0.248 e. The van der Waals surface area contributed by atoms with Gasteiger partial charge >= 0.3 is 0 Å². The number of nitrogens with two attached hydrogens (primary N) is 1. The lowest BCUT2D eigenvalue weighted by Gasteiger charge is -2.21. The van der Waals surface area contributed by atoms with E-state index in [0.29, 0.717) is 6.61 Å². The van der Waals surface area contributed by atoms with Gasteiger partial charge in [-0.1, -0.05) is 6.07 Å². The van der Waals surface area contributed by atoms with Gasteiger partial charge < -0.3 is 20.3 Å². The van der Waals surface area contributed by atoms with Gasteiger partial charge in [0.25, 0.3) is 0 Å². The van der Waals surface area contributed by atoms with Crippen LogP contribution in [0.3, 0.4) is 0 Å². The summed E-state index contributed by atoms with van der Waals surface area (Å²) in [4.78, 5) is 15.6. The summed E-state index contributed by atoms with van der Waals surface area (Å²) in [6.07, 6.45) is 0.241. The van der Waals surface area contributed by atoms with Crippen molar-refractivity contribution in [2.24, 2.45) is 5.73 Å². The molecule has 1 amide bonds. The number of hydrogen-bond acceptors (Lipinski definition) is 4. The molecule has 1 heterocycles. The first-order chi connectivity index (χ1) is 9.41. The Balaban J connectivity index is 2.10. The standard InChI is InChI=1S/C15H23N3O2/c1-10(2)20-8-7-17(3)11-5-6-12-13(9-11)18(4)15(19)14(12)16/h5-6,9-10,14H,7-8,16H2,1-4H3. The molecule has 1 aliphatic heterocycles. The molecule has 0 aliphatic carbocycles. The zero-order valence-electron chi connectivity index (χ0n) is 12.6. The Bertz CT molecular complexity index is 502. The molecule has 0 aromatic heterocycles. The summed E-state index contributed by atoms with van der Waals surface area (Å²) >= 11 is 0. The Morgan fingerprint density at radius 2 is 2.15 bits per heavy atom. The number of amides is 1. The highest BCUT2D eigenvalue weighted by Gasteiger charge is 2.32. The number of carbonyl (C=O) groups excluding carboxylic acids is 1. The first-order valence-electron chi connectivity index (χ1n) is 6.91. The molecule has 2 N–H and O–H groups in total. The van der Waals surface area contributed by atoms with Gasteiger partial charge in [-0.2, -0.15) is 0 Å². The zero-order chi connectivity index (χ0) is 14.9. The smallest absolute Gasteiger partial charge is 0.248 e. The molecule has 0 saturated carbocycles. The topological polar surface area (TPSA) is 58.8 Å². The van der Waals surface area contributed by atoms with Crippen LogP contribution in [0.4, 0.5) is 11.4 Å². The van der Waals surface area contributed by atoms with Gasteiger partial charge in [-0.25, -0.2) is 0 Å². The van der Waals surface area contributed by atoms with Gasteiger partial charge in [-0.05, 0) is 26.0 Å². The summed E-state index contributed by atoms with van der Waals surface area (Å²) in [6, 6.07) is 5.42. The van der Waals surface area contributed by atoms with Crippen LogP contribution in [0.25, 0.3) is 0 Å². The van der Waals surface area contributed by atoms with Gasteiger partial charge in [-0.3, -0.25) is 4.79 Å². The van der Waals surface area contributed by atoms with Gasteiger partial charge in [0.2, 0.25) is 5.91 Å². The minimum Gasteiger partial charge on any atom is -0.377 e. The van der Waals surface area contributed by atoms with E-state index in [0.717, 1.165) is 23.5 Å². The van der Waals surface area contributed by atoms with E-state index in [-0.39, 0.29) is 12.0 Å². The minimum atomic E-state index is -0.529. The maximum absolute atomic E-state index is 11.9. The molecule has 20 heavy (non-hydrogen) atoms. The number of anilines is 2. The molecule has 1 aliphatic rings. The highest BCUT2D eigenvalue weighted by molar-refractivity contribution is 6.04. The maximum atomic E-state index is 11.9. The number of likely N-dealkylation sites (N-methyl/N-ethyl adjacent to an activating group) is 2. The molecular formula is C15H23N3O2. The number of hydrogen-bond donors (Lipinski definition) is 1. The van der Waals surface area contributed by atoms with E-state index < -0.39 is 6.04 Å². The quantitative estimate of drug-likeness (QED) is 0.886. The number of nitrogens with zero attached hydrogens (tertiary/aromatic N) is 2. The second-order valence-electron chi connectivity index (χ2n) is 5.46. The van der Waals surface area contributed by atoms with Gasteiger partial charge in [0.05, 0.1) is 18.4 Å². The number of ether oxygens (including phenoxy) is 1. The lowest BCUT2D eigenvalue weighted by atomic mass is 10.1. The van der Waals surface area contributed by atoms with Crippen LogP contribution in [0.2, 0.25) is 0 Å². The van der Waals surface area contributed by atoms with E-state index in [4.69, 9.17) is 10.5 Å². The largest absolute Gasteiger partial charge is 0.377 e. The number of rotatable bonds is 5. The van der Waals surface area contributed by atoms with E-state index in [2.05, 4.69) is 4.90 Å². The third-order valence-electron chi connectivity index (χ3n) is 3.63. The van der Waals surface area contributed by atoms with Crippen molar-refractivity contribution in [3.63, 3.8) is 0 Å². The predicted molar refractivity (Wildman–Crippen MR) is 81.1 cm³/mol. The molecular weight excluding hydrogens is 254 g/mol. The monoisotopic (exact) mass is 277 g/mol. The van der Waals surface area contributed by atoms with Crippen molar-refractivity contribution >= 4 is 17.3 Å². The fraction of sp³-hybridized carbons (Fsp3) is 0.533. The van der Waals surface area contributed by atoms with Crippen molar-refractivity contribution in [2.45, 2.75) is 26.0 Å². The lowest BCUT2D eigenvalue weighted by Crippen LogP contribution is -2.28. The summed E-state index contributed by atoms with van der Waals surface area (Å²) in [7, 11) is 3.78. The SMILES string of the molecule is CC(C)OCCN(C)c1ccc2c(c1)N(C)C(=O)C2N.